The number of nitrogens with zero attached hydrogens (tertiary/aromatic N) is 1. The van der Waals surface area contributed by atoms with Crippen LogP contribution in [0.15, 0.2) is 6.07 Å². The van der Waals surface area contributed by atoms with Gasteiger partial charge in [0.15, 0.2) is 5.75 Å². The first kappa shape index (κ1) is 20.8. The molecule has 1 amide bonds. The normalized spacial score (nSPS) is 17.6. The van der Waals surface area contributed by atoms with Gasteiger partial charge in [-0.3, -0.25) is 9.69 Å². The number of hydrogen-bond acceptors (Lipinski definition) is 4. The van der Waals surface area contributed by atoms with Crippen molar-refractivity contribution in [1.29, 1.82) is 0 Å². The van der Waals surface area contributed by atoms with Crippen molar-refractivity contribution in [1.82, 2.24) is 10.2 Å². The van der Waals surface area contributed by atoms with Crippen molar-refractivity contribution in [2.75, 3.05) is 26.7 Å². The molecule has 0 aliphatic carbocycles. The zero-order valence-electron chi connectivity index (χ0n) is 16.5. The fourth-order valence-corrected chi connectivity index (χ4v) is 3.85. The summed E-state index contributed by atoms with van der Waals surface area (Å²) in [4.78, 5) is 15.5. The molecule has 5 nitrogen and oxygen atoms in total. The van der Waals surface area contributed by atoms with Gasteiger partial charge in [0.2, 0.25) is 0 Å². The molecule has 0 saturated carbocycles. The highest BCUT2D eigenvalue weighted by atomic mass is 35.5. The molecule has 1 fully saturated rings. The van der Waals surface area contributed by atoms with E-state index in [1.807, 2.05) is 26.8 Å². The fourth-order valence-electron chi connectivity index (χ4n) is 3.55. The topological polar surface area (TPSA) is 50.8 Å². The number of likely N-dealkylation sites (tertiary alicyclic amines) is 1. The van der Waals surface area contributed by atoms with Crippen LogP contribution in [0.3, 0.4) is 0 Å². The molecule has 1 N–H and O–H groups in total. The van der Waals surface area contributed by atoms with Gasteiger partial charge in [-0.2, -0.15) is 0 Å². The minimum absolute atomic E-state index is 0.0526. The van der Waals surface area contributed by atoms with E-state index in [4.69, 9.17) is 21.1 Å². The first-order chi connectivity index (χ1) is 12.4. The van der Waals surface area contributed by atoms with E-state index >= 15 is 0 Å². The summed E-state index contributed by atoms with van der Waals surface area (Å²) in [5.41, 5.74) is 1.30. The van der Waals surface area contributed by atoms with Gasteiger partial charge in [-0.15, -0.1) is 0 Å². The molecule has 2 rings (SSSR count). The Bertz CT molecular complexity index is 634. The Balaban J connectivity index is 2.32. The lowest BCUT2D eigenvalue weighted by Gasteiger charge is -2.24. The Labute approximate surface area is 162 Å². The van der Waals surface area contributed by atoms with Gasteiger partial charge in [-0.1, -0.05) is 25.4 Å². The minimum Gasteiger partial charge on any atom is -0.494 e. The number of carbonyl (C=O) groups is 1. The van der Waals surface area contributed by atoms with Crippen molar-refractivity contribution < 1.29 is 14.3 Å². The van der Waals surface area contributed by atoms with Crippen LogP contribution < -0.4 is 14.8 Å². The second-order valence-electron chi connectivity index (χ2n) is 6.91. The predicted molar refractivity (Wildman–Crippen MR) is 106 cm³/mol. The molecule has 0 radical (unpaired) electrons. The summed E-state index contributed by atoms with van der Waals surface area (Å²) in [5, 5.41) is 3.50. The van der Waals surface area contributed by atoms with Crippen molar-refractivity contribution >= 4 is 17.5 Å². The lowest BCUT2D eigenvalue weighted by atomic mass is 10.0. The summed E-state index contributed by atoms with van der Waals surface area (Å²) >= 11 is 6.37. The van der Waals surface area contributed by atoms with E-state index in [1.54, 1.807) is 0 Å². The maximum atomic E-state index is 13.1. The number of amides is 1. The third-order valence-electron chi connectivity index (χ3n) is 4.83. The second-order valence-corrected chi connectivity index (χ2v) is 7.32. The number of methoxy groups -OCH3 is 1. The van der Waals surface area contributed by atoms with Crippen molar-refractivity contribution in [3.8, 4) is 11.5 Å². The van der Waals surface area contributed by atoms with Gasteiger partial charge >= 0.3 is 0 Å². The fraction of sp³-hybridized carbons (Fsp3) is 0.650. The lowest BCUT2D eigenvalue weighted by Crippen LogP contribution is -2.40. The number of carbonyl (C=O) groups excluding carboxylic acids is 1. The van der Waals surface area contributed by atoms with E-state index in [9.17, 15) is 4.79 Å². The van der Waals surface area contributed by atoms with E-state index in [0.29, 0.717) is 34.7 Å². The van der Waals surface area contributed by atoms with Crippen LogP contribution in [0.25, 0.3) is 0 Å². The molecule has 0 bridgehead atoms. The first-order valence-corrected chi connectivity index (χ1v) is 9.88. The smallest absolute Gasteiger partial charge is 0.258 e. The van der Waals surface area contributed by atoms with Crippen molar-refractivity contribution in [2.24, 2.45) is 0 Å². The van der Waals surface area contributed by atoms with E-state index in [2.05, 4.69) is 17.1 Å². The number of likely N-dealkylation sites (N-methyl/N-ethyl adjacent to an activating group) is 1. The average molecular weight is 383 g/mol. The van der Waals surface area contributed by atoms with Gasteiger partial charge in [-0.05, 0) is 57.8 Å². The summed E-state index contributed by atoms with van der Waals surface area (Å²) in [7, 11) is 1.53. The van der Waals surface area contributed by atoms with Crippen molar-refractivity contribution in [3.63, 3.8) is 0 Å². The Kier molecular flexibility index (Phi) is 7.59. The maximum absolute atomic E-state index is 13.1. The van der Waals surface area contributed by atoms with E-state index in [0.717, 1.165) is 31.5 Å². The molecule has 0 unspecified atom stereocenters. The Hall–Kier alpha value is -1.46. The molecule has 1 heterocycles. The summed E-state index contributed by atoms with van der Waals surface area (Å²) in [5.74, 6) is 0.744. The quantitative estimate of drug-likeness (QED) is 0.740. The van der Waals surface area contributed by atoms with E-state index < -0.39 is 0 Å². The van der Waals surface area contributed by atoms with Crippen LogP contribution in [0.1, 0.15) is 56.5 Å². The molecule has 0 aromatic heterocycles. The zero-order chi connectivity index (χ0) is 19.3. The SMILES string of the molecule is CCc1cc(Cl)c(OC)c(C(=O)NC[C@@H]2CCCN2CC)c1OC(C)C. The van der Waals surface area contributed by atoms with Gasteiger partial charge in [0, 0.05) is 12.6 Å². The summed E-state index contributed by atoms with van der Waals surface area (Å²) in [6, 6.07) is 2.21. The molecule has 1 saturated heterocycles. The van der Waals surface area contributed by atoms with E-state index in [-0.39, 0.29) is 12.0 Å². The van der Waals surface area contributed by atoms with E-state index in [1.165, 1.54) is 13.5 Å². The molecule has 26 heavy (non-hydrogen) atoms. The maximum Gasteiger partial charge on any atom is 0.258 e. The number of rotatable bonds is 8. The highest BCUT2D eigenvalue weighted by Crippen LogP contribution is 2.39. The Morgan fingerprint density at radius 1 is 1.38 bits per heavy atom. The molecule has 1 aliphatic heterocycles. The van der Waals surface area contributed by atoms with Crippen molar-refractivity contribution in [2.45, 2.75) is 59.1 Å². The van der Waals surface area contributed by atoms with Crippen LogP contribution >= 0.6 is 11.6 Å². The number of halogens is 1. The van der Waals surface area contributed by atoms with Crippen LogP contribution in [0.4, 0.5) is 0 Å². The van der Waals surface area contributed by atoms with Gasteiger partial charge in [-0.25, -0.2) is 0 Å². The lowest BCUT2D eigenvalue weighted by molar-refractivity contribution is 0.0931. The van der Waals surface area contributed by atoms with Crippen LogP contribution in [0, 0.1) is 0 Å². The van der Waals surface area contributed by atoms with Gasteiger partial charge in [0.05, 0.1) is 18.2 Å². The molecule has 1 aromatic rings. The van der Waals surface area contributed by atoms with Crippen LogP contribution in [0.2, 0.25) is 5.02 Å². The van der Waals surface area contributed by atoms with Crippen LogP contribution in [0.5, 0.6) is 11.5 Å². The van der Waals surface area contributed by atoms with Gasteiger partial charge in [0.25, 0.3) is 5.91 Å². The second kappa shape index (κ2) is 9.47. The molecular weight excluding hydrogens is 352 g/mol. The predicted octanol–water partition coefficient (Wildman–Crippen LogP) is 3.91. The highest BCUT2D eigenvalue weighted by molar-refractivity contribution is 6.33. The summed E-state index contributed by atoms with van der Waals surface area (Å²) < 4.78 is 11.4. The zero-order valence-corrected chi connectivity index (χ0v) is 17.3. The average Bonchev–Trinajstić information content (AvgIpc) is 3.07. The number of hydrogen-bond donors (Lipinski definition) is 1. The molecule has 1 atom stereocenters. The minimum atomic E-state index is -0.197. The van der Waals surface area contributed by atoms with Crippen molar-refractivity contribution in [3.05, 3.63) is 22.2 Å². The Morgan fingerprint density at radius 2 is 2.12 bits per heavy atom. The Morgan fingerprint density at radius 3 is 2.69 bits per heavy atom. The standard InChI is InChI=1S/C20H31ClN2O3/c1-6-14-11-16(21)19(25-5)17(18(14)26-13(3)4)20(24)22-12-15-9-8-10-23(15)7-2/h11,13,15H,6-10,12H2,1-5H3,(H,22,24)/t15-/m0/s1. The number of aryl methyl sites for hydroxylation is 1. The monoisotopic (exact) mass is 382 g/mol. The molecule has 1 aromatic carbocycles. The number of nitrogens with one attached hydrogen (secondary N) is 1. The number of ether oxygens (including phenoxy) is 2. The van der Waals surface area contributed by atoms with Gasteiger partial charge in [0.1, 0.15) is 11.3 Å². The third-order valence-corrected chi connectivity index (χ3v) is 5.11. The highest BCUT2D eigenvalue weighted by Gasteiger charge is 2.28. The van der Waals surface area contributed by atoms with Gasteiger partial charge < -0.3 is 14.8 Å². The molecule has 146 valence electrons. The molecule has 6 heteroatoms. The van der Waals surface area contributed by atoms with Crippen LogP contribution in [-0.2, 0) is 6.42 Å². The summed E-state index contributed by atoms with van der Waals surface area (Å²) in [6.07, 6.45) is 2.95. The summed E-state index contributed by atoms with van der Waals surface area (Å²) in [6.45, 7) is 10.8. The largest absolute Gasteiger partial charge is 0.494 e. The van der Waals surface area contributed by atoms with Crippen LogP contribution in [-0.4, -0.2) is 49.7 Å². The first-order valence-electron chi connectivity index (χ1n) is 9.51. The third kappa shape index (κ3) is 4.63. The molecule has 1 aliphatic rings. The molecule has 0 spiro atoms. The molecular formula is C20H31ClN2O3. The number of benzene rings is 1.